The average Bonchev–Trinajstić information content (AvgIpc) is 2.53. The predicted molar refractivity (Wildman–Crippen MR) is 57.5 cm³/mol. The summed E-state index contributed by atoms with van der Waals surface area (Å²) in [7, 11) is 0. The molecule has 1 aromatic rings. The van der Waals surface area contributed by atoms with E-state index < -0.39 is 12.1 Å². The van der Waals surface area contributed by atoms with Crippen molar-refractivity contribution in [3.63, 3.8) is 0 Å². The highest BCUT2D eigenvalue weighted by atomic mass is 16.3. The first-order valence-corrected chi connectivity index (χ1v) is 5.30. The molecule has 1 aliphatic heterocycles. The van der Waals surface area contributed by atoms with Gasteiger partial charge in [-0.3, -0.25) is 9.59 Å². The maximum absolute atomic E-state index is 11.9. The lowest BCUT2D eigenvalue weighted by molar-refractivity contribution is -0.135. The topological polar surface area (TPSA) is 57.6 Å². The van der Waals surface area contributed by atoms with E-state index in [1.54, 1.807) is 24.3 Å². The van der Waals surface area contributed by atoms with Crippen molar-refractivity contribution < 1.29 is 14.7 Å². The van der Waals surface area contributed by atoms with Gasteiger partial charge in [-0.15, -0.1) is 0 Å². The van der Waals surface area contributed by atoms with E-state index in [2.05, 4.69) is 0 Å². The number of benzene rings is 1. The van der Waals surface area contributed by atoms with Crippen LogP contribution in [-0.4, -0.2) is 21.8 Å². The first-order valence-electron chi connectivity index (χ1n) is 5.30. The van der Waals surface area contributed by atoms with Crippen LogP contribution in [0.25, 0.3) is 0 Å². The molecule has 0 saturated carbocycles. The monoisotopic (exact) mass is 219 g/mol. The minimum atomic E-state index is -1.12. The molecule has 0 fully saturated rings. The van der Waals surface area contributed by atoms with Crippen LogP contribution < -0.4 is 0 Å². The fraction of sp³-hybridized carbons (Fsp3) is 0.333. The third-order valence-electron chi connectivity index (χ3n) is 2.67. The third kappa shape index (κ3) is 1.51. The highest BCUT2D eigenvalue weighted by Gasteiger charge is 2.38. The lowest BCUT2D eigenvalue weighted by Gasteiger charge is -2.18. The van der Waals surface area contributed by atoms with E-state index >= 15 is 0 Å². The second-order valence-corrected chi connectivity index (χ2v) is 3.78. The van der Waals surface area contributed by atoms with Gasteiger partial charge in [0.25, 0.3) is 5.91 Å². The van der Waals surface area contributed by atoms with Gasteiger partial charge in [0.15, 0.2) is 6.23 Å². The van der Waals surface area contributed by atoms with E-state index in [9.17, 15) is 14.7 Å². The molecular weight excluding hydrogens is 206 g/mol. The first-order chi connectivity index (χ1) is 7.66. The normalized spacial score (nSPS) is 18.8. The molecule has 0 unspecified atom stereocenters. The first kappa shape index (κ1) is 10.8. The Kier molecular flexibility index (Phi) is 2.75. The zero-order valence-corrected chi connectivity index (χ0v) is 9.01. The molecule has 1 atom stereocenters. The van der Waals surface area contributed by atoms with Crippen molar-refractivity contribution in [3.05, 3.63) is 35.4 Å². The number of hydrogen-bond donors (Lipinski definition) is 1. The number of imide groups is 1. The molecule has 2 amide bonds. The molecule has 84 valence electrons. The molecule has 0 radical (unpaired) electrons. The van der Waals surface area contributed by atoms with Crippen LogP contribution in [0.15, 0.2) is 24.3 Å². The van der Waals surface area contributed by atoms with E-state index in [0.717, 1.165) is 4.90 Å². The summed E-state index contributed by atoms with van der Waals surface area (Å²) in [4.78, 5) is 24.5. The molecule has 1 aliphatic rings. The number of nitrogens with zero attached hydrogens (tertiary/aromatic N) is 1. The van der Waals surface area contributed by atoms with Crippen LogP contribution >= 0.6 is 0 Å². The van der Waals surface area contributed by atoms with Crippen molar-refractivity contribution in [2.75, 3.05) is 0 Å². The fourth-order valence-corrected chi connectivity index (χ4v) is 1.88. The smallest absolute Gasteiger partial charge is 0.263 e. The van der Waals surface area contributed by atoms with Crippen molar-refractivity contribution in [1.29, 1.82) is 0 Å². The molecule has 0 aromatic heterocycles. The molecule has 16 heavy (non-hydrogen) atoms. The number of aliphatic hydroxyl groups excluding tert-OH is 1. The van der Waals surface area contributed by atoms with Gasteiger partial charge in [0, 0.05) is 17.5 Å². The van der Waals surface area contributed by atoms with E-state index in [0.29, 0.717) is 17.5 Å². The van der Waals surface area contributed by atoms with Gasteiger partial charge in [0.05, 0.1) is 0 Å². The zero-order chi connectivity index (χ0) is 11.7. The summed E-state index contributed by atoms with van der Waals surface area (Å²) in [6.07, 6.45) is -0.189. The van der Waals surface area contributed by atoms with Crippen LogP contribution in [0.2, 0.25) is 0 Å². The van der Waals surface area contributed by atoms with Crippen LogP contribution in [0.5, 0.6) is 0 Å². The highest BCUT2D eigenvalue weighted by molar-refractivity contribution is 6.08. The van der Waals surface area contributed by atoms with Gasteiger partial charge in [-0.1, -0.05) is 25.1 Å². The van der Waals surface area contributed by atoms with Gasteiger partial charge in [0.1, 0.15) is 0 Å². The van der Waals surface area contributed by atoms with Gasteiger partial charge in [-0.2, -0.15) is 0 Å². The van der Waals surface area contributed by atoms with Crippen molar-refractivity contribution in [3.8, 4) is 0 Å². The van der Waals surface area contributed by atoms with E-state index in [1.165, 1.54) is 0 Å². The number of hydrogen-bond acceptors (Lipinski definition) is 3. The van der Waals surface area contributed by atoms with Crippen molar-refractivity contribution >= 4 is 11.8 Å². The van der Waals surface area contributed by atoms with Crippen molar-refractivity contribution in [2.45, 2.75) is 26.0 Å². The summed E-state index contributed by atoms with van der Waals surface area (Å²) in [5.74, 6) is -0.724. The highest BCUT2D eigenvalue weighted by Crippen LogP contribution is 2.31. The van der Waals surface area contributed by atoms with Gasteiger partial charge in [-0.05, 0) is 12.5 Å². The molecule has 4 heteroatoms. The lowest BCUT2D eigenvalue weighted by Crippen LogP contribution is -2.34. The summed E-state index contributed by atoms with van der Waals surface area (Å²) in [5, 5.41) is 9.89. The Morgan fingerprint density at radius 3 is 2.75 bits per heavy atom. The molecule has 2 rings (SSSR count). The molecule has 4 nitrogen and oxygen atoms in total. The van der Waals surface area contributed by atoms with Gasteiger partial charge >= 0.3 is 0 Å². The second kappa shape index (κ2) is 4.06. The predicted octanol–water partition coefficient (Wildman–Crippen LogP) is 1.46. The maximum atomic E-state index is 11.9. The van der Waals surface area contributed by atoms with E-state index in [-0.39, 0.29) is 12.3 Å². The van der Waals surface area contributed by atoms with E-state index in [1.807, 2.05) is 6.92 Å². The minimum absolute atomic E-state index is 0.275. The van der Waals surface area contributed by atoms with Crippen LogP contribution in [-0.2, 0) is 4.79 Å². The number of carbonyl (C=O) groups is 2. The molecular formula is C12H13NO3. The van der Waals surface area contributed by atoms with Crippen LogP contribution in [0, 0.1) is 0 Å². The second-order valence-electron chi connectivity index (χ2n) is 3.78. The Balaban J connectivity index is 2.35. The summed E-state index contributed by atoms with van der Waals surface area (Å²) < 4.78 is 0. The van der Waals surface area contributed by atoms with Crippen molar-refractivity contribution in [2.24, 2.45) is 0 Å². The fourth-order valence-electron chi connectivity index (χ4n) is 1.88. The minimum Gasteiger partial charge on any atom is -0.369 e. The summed E-state index contributed by atoms with van der Waals surface area (Å²) in [6.45, 7) is 1.86. The molecule has 1 aromatic carbocycles. The Bertz CT molecular complexity index is 442. The van der Waals surface area contributed by atoms with Gasteiger partial charge < -0.3 is 5.11 Å². The molecule has 1 N–H and O–H groups in total. The largest absolute Gasteiger partial charge is 0.369 e. The quantitative estimate of drug-likeness (QED) is 0.819. The number of carbonyl (C=O) groups excluding carboxylic acids is 2. The molecule has 0 aliphatic carbocycles. The Morgan fingerprint density at radius 1 is 1.44 bits per heavy atom. The van der Waals surface area contributed by atoms with E-state index in [4.69, 9.17) is 0 Å². The van der Waals surface area contributed by atoms with Gasteiger partial charge in [-0.25, -0.2) is 4.90 Å². The summed E-state index contributed by atoms with van der Waals surface area (Å²) in [6, 6.07) is 6.75. The third-order valence-corrected chi connectivity index (χ3v) is 2.67. The standard InChI is InChI=1S/C12H13NO3/c1-2-5-10(14)13-11(15)8-6-3-4-7-9(8)12(13)16/h3-4,6-7,11,15H,2,5H2,1H3/t11-/m1/s1. The number of aliphatic hydroxyl groups is 1. The zero-order valence-electron chi connectivity index (χ0n) is 9.01. The molecule has 1 heterocycles. The Hall–Kier alpha value is -1.68. The van der Waals surface area contributed by atoms with Crippen LogP contribution in [0.4, 0.5) is 0 Å². The lowest BCUT2D eigenvalue weighted by atomic mass is 10.1. The Labute approximate surface area is 93.5 Å². The summed E-state index contributed by atoms with van der Waals surface area (Å²) in [5.41, 5.74) is 0.927. The number of rotatable bonds is 2. The molecule has 0 saturated heterocycles. The maximum Gasteiger partial charge on any atom is 0.263 e. The van der Waals surface area contributed by atoms with Gasteiger partial charge in [0.2, 0.25) is 5.91 Å². The molecule has 0 bridgehead atoms. The molecule has 0 spiro atoms. The number of amides is 2. The van der Waals surface area contributed by atoms with Crippen LogP contribution in [0.3, 0.4) is 0 Å². The Morgan fingerprint density at radius 2 is 2.12 bits per heavy atom. The average molecular weight is 219 g/mol. The number of fused-ring (bicyclic) bond motifs is 1. The summed E-state index contributed by atoms with van der Waals surface area (Å²) >= 11 is 0. The van der Waals surface area contributed by atoms with Crippen molar-refractivity contribution in [1.82, 2.24) is 4.90 Å². The van der Waals surface area contributed by atoms with Crippen LogP contribution in [0.1, 0.15) is 41.9 Å². The SMILES string of the molecule is CCCC(=O)N1C(=O)c2ccccc2[C@H]1O.